The fourth-order valence-electron chi connectivity index (χ4n) is 1.82. The molecule has 7 nitrogen and oxygen atoms in total. The molecule has 0 aliphatic carbocycles. The van der Waals surface area contributed by atoms with E-state index in [0.29, 0.717) is 17.7 Å². The van der Waals surface area contributed by atoms with E-state index in [2.05, 4.69) is 20.3 Å². The normalized spacial score (nSPS) is 10.7. The van der Waals surface area contributed by atoms with E-state index in [1.165, 1.54) is 11.3 Å². The molecule has 0 aliphatic heterocycles. The van der Waals surface area contributed by atoms with Crippen molar-refractivity contribution >= 4 is 32.9 Å². The fraction of sp³-hybridized carbons (Fsp3) is 0.0909. The van der Waals surface area contributed by atoms with Gasteiger partial charge in [0.15, 0.2) is 5.52 Å². The van der Waals surface area contributed by atoms with Gasteiger partial charge in [-0.05, 0) is 12.1 Å². The lowest BCUT2D eigenvalue weighted by Crippen LogP contribution is -2.03. The van der Waals surface area contributed by atoms with Crippen LogP contribution < -0.4 is 5.32 Å². The minimum atomic E-state index is -0.405. The maximum atomic E-state index is 11.2. The second-order valence-electron chi connectivity index (χ2n) is 3.85. The van der Waals surface area contributed by atoms with E-state index in [-0.39, 0.29) is 5.69 Å². The highest BCUT2D eigenvalue weighted by atomic mass is 32.1. The molecule has 0 saturated carbocycles. The number of nitrogens with one attached hydrogen (secondary N) is 2. The first kappa shape index (κ1) is 11.6. The van der Waals surface area contributed by atoms with Crippen molar-refractivity contribution < 1.29 is 4.92 Å². The number of thiazole rings is 1. The molecule has 0 aliphatic rings. The lowest BCUT2D eigenvalue weighted by molar-refractivity contribution is -0.382. The van der Waals surface area contributed by atoms with Gasteiger partial charge in [-0.1, -0.05) is 0 Å². The van der Waals surface area contributed by atoms with E-state index in [4.69, 9.17) is 0 Å². The molecular formula is C11H9N5O2S. The van der Waals surface area contributed by atoms with E-state index in [9.17, 15) is 10.1 Å². The van der Waals surface area contributed by atoms with Gasteiger partial charge in [-0.15, -0.1) is 11.3 Å². The third-order valence-corrected chi connectivity index (χ3v) is 3.48. The van der Waals surface area contributed by atoms with Crippen LogP contribution in [0.5, 0.6) is 0 Å². The third kappa shape index (κ3) is 2.13. The molecule has 0 saturated heterocycles. The van der Waals surface area contributed by atoms with Crippen LogP contribution >= 0.6 is 11.3 Å². The molecule has 2 N–H and O–H groups in total. The standard InChI is InChI=1S/C11H9N5O2S/c17-16(18)11-8(13-4-7-3-12-5-14-7)1-2-9-10(11)15-6-19-9/h1-3,5-6,13H,4H2,(H,12,14). The highest BCUT2D eigenvalue weighted by Gasteiger charge is 2.20. The van der Waals surface area contributed by atoms with Gasteiger partial charge in [-0.25, -0.2) is 9.97 Å². The third-order valence-electron chi connectivity index (χ3n) is 2.68. The predicted octanol–water partition coefficient (Wildman–Crippen LogP) is 2.54. The Morgan fingerprint density at radius 1 is 1.47 bits per heavy atom. The molecule has 0 radical (unpaired) electrons. The molecule has 0 fully saturated rings. The van der Waals surface area contributed by atoms with Crippen LogP contribution in [0.15, 0.2) is 30.2 Å². The fourth-order valence-corrected chi connectivity index (χ4v) is 2.50. The van der Waals surface area contributed by atoms with Gasteiger partial charge >= 0.3 is 5.69 Å². The van der Waals surface area contributed by atoms with Crippen LogP contribution in [0.2, 0.25) is 0 Å². The number of nitrogens with zero attached hydrogens (tertiary/aromatic N) is 3. The van der Waals surface area contributed by atoms with Gasteiger partial charge in [0.25, 0.3) is 0 Å². The Labute approximate surface area is 111 Å². The summed E-state index contributed by atoms with van der Waals surface area (Å²) in [5.74, 6) is 0. The zero-order chi connectivity index (χ0) is 13.2. The van der Waals surface area contributed by atoms with Gasteiger partial charge in [-0.3, -0.25) is 10.1 Å². The first-order chi connectivity index (χ1) is 9.25. The Bertz CT molecular complexity index is 722. The van der Waals surface area contributed by atoms with Crippen LogP contribution in [-0.2, 0) is 6.54 Å². The molecule has 3 rings (SSSR count). The molecule has 0 atom stereocenters. The Morgan fingerprint density at radius 3 is 3.11 bits per heavy atom. The van der Waals surface area contributed by atoms with Crippen molar-refractivity contribution in [3.63, 3.8) is 0 Å². The number of fused-ring (bicyclic) bond motifs is 1. The SMILES string of the molecule is O=[N+]([O-])c1c(NCc2cnc[nH]2)ccc2scnc12. The number of aromatic amines is 1. The van der Waals surface area contributed by atoms with Crippen molar-refractivity contribution in [3.8, 4) is 0 Å². The van der Waals surface area contributed by atoms with Gasteiger partial charge in [0.05, 0.1) is 33.7 Å². The van der Waals surface area contributed by atoms with E-state index in [1.807, 2.05) is 6.07 Å². The highest BCUT2D eigenvalue weighted by Crippen LogP contribution is 2.34. The monoisotopic (exact) mass is 275 g/mol. The van der Waals surface area contributed by atoms with Crippen LogP contribution in [0.1, 0.15) is 5.69 Å². The maximum absolute atomic E-state index is 11.2. The number of anilines is 1. The summed E-state index contributed by atoms with van der Waals surface area (Å²) < 4.78 is 0.804. The summed E-state index contributed by atoms with van der Waals surface area (Å²) in [6.07, 6.45) is 3.23. The quantitative estimate of drug-likeness (QED) is 0.563. The maximum Gasteiger partial charge on any atom is 0.319 e. The number of imidazole rings is 1. The van der Waals surface area contributed by atoms with Crippen LogP contribution in [0.25, 0.3) is 10.2 Å². The average molecular weight is 275 g/mol. The summed E-state index contributed by atoms with van der Waals surface area (Å²) in [7, 11) is 0. The molecule has 96 valence electrons. The van der Waals surface area contributed by atoms with E-state index >= 15 is 0 Å². The van der Waals surface area contributed by atoms with Crippen molar-refractivity contribution in [1.82, 2.24) is 15.0 Å². The van der Waals surface area contributed by atoms with Gasteiger partial charge < -0.3 is 10.3 Å². The van der Waals surface area contributed by atoms with Crippen LogP contribution in [-0.4, -0.2) is 19.9 Å². The van der Waals surface area contributed by atoms with E-state index < -0.39 is 4.92 Å². The largest absolute Gasteiger partial charge is 0.374 e. The minimum absolute atomic E-state index is 0.0123. The summed E-state index contributed by atoms with van der Waals surface area (Å²) in [5.41, 5.74) is 3.35. The summed E-state index contributed by atoms with van der Waals surface area (Å²) in [5, 5.41) is 14.2. The molecule has 2 aromatic heterocycles. The van der Waals surface area contributed by atoms with Crippen molar-refractivity contribution in [2.45, 2.75) is 6.54 Å². The average Bonchev–Trinajstić information content (AvgIpc) is 3.06. The summed E-state index contributed by atoms with van der Waals surface area (Å²) >= 11 is 1.38. The number of nitro groups is 1. The van der Waals surface area contributed by atoms with Gasteiger partial charge in [0.1, 0.15) is 5.69 Å². The van der Waals surface area contributed by atoms with Crippen LogP contribution in [0.4, 0.5) is 11.4 Å². The second kappa shape index (κ2) is 4.65. The molecule has 2 heterocycles. The smallest absolute Gasteiger partial charge is 0.319 e. The summed E-state index contributed by atoms with van der Waals surface area (Å²) in [4.78, 5) is 21.7. The molecule has 3 aromatic rings. The van der Waals surface area contributed by atoms with E-state index in [0.717, 1.165) is 10.4 Å². The summed E-state index contributed by atoms with van der Waals surface area (Å²) in [6, 6.07) is 3.53. The number of H-pyrrole nitrogens is 1. The lowest BCUT2D eigenvalue weighted by atomic mass is 10.2. The first-order valence-electron chi connectivity index (χ1n) is 5.47. The van der Waals surface area contributed by atoms with Gasteiger partial charge in [0.2, 0.25) is 0 Å². The lowest BCUT2D eigenvalue weighted by Gasteiger charge is -2.05. The number of aromatic nitrogens is 3. The Kier molecular flexibility index (Phi) is 2.84. The van der Waals surface area contributed by atoms with Crippen molar-refractivity contribution in [1.29, 1.82) is 0 Å². The number of hydrogen-bond donors (Lipinski definition) is 2. The Hall–Kier alpha value is -2.48. The molecule has 0 spiro atoms. The number of rotatable bonds is 4. The summed E-state index contributed by atoms with van der Waals surface area (Å²) in [6.45, 7) is 0.441. The van der Waals surface area contributed by atoms with Crippen molar-refractivity contribution in [2.75, 3.05) is 5.32 Å². The molecular weight excluding hydrogens is 266 g/mol. The van der Waals surface area contributed by atoms with Crippen LogP contribution in [0.3, 0.4) is 0 Å². The zero-order valence-corrected chi connectivity index (χ0v) is 10.5. The second-order valence-corrected chi connectivity index (χ2v) is 4.73. The Balaban J connectivity index is 1.97. The molecule has 19 heavy (non-hydrogen) atoms. The topological polar surface area (TPSA) is 96.7 Å². The number of nitro benzene ring substituents is 1. The molecule has 0 bridgehead atoms. The molecule has 1 aromatic carbocycles. The van der Waals surface area contributed by atoms with Crippen molar-refractivity contribution in [2.24, 2.45) is 0 Å². The molecule has 0 amide bonds. The number of hydrogen-bond acceptors (Lipinski definition) is 6. The molecule has 0 unspecified atom stereocenters. The zero-order valence-electron chi connectivity index (χ0n) is 9.66. The predicted molar refractivity (Wildman–Crippen MR) is 72.2 cm³/mol. The van der Waals surface area contributed by atoms with Crippen LogP contribution in [0, 0.1) is 10.1 Å². The first-order valence-corrected chi connectivity index (χ1v) is 6.35. The highest BCUT2D eigenvalue weighted by molar-refractivity contribution is 7.16. The minimum Gasteiger partial charge on any atom is -0.374 e. The van der Waals surface area contributed by atoms with Gasteiger partial charge in [0, 0.05) is 6.20 Å². The Morgan fingerprint density at radius 2 is 2.37 bits per heavy atom. The molecule has 8 heteroatoms. The van der Waals surface area contributed by atoms with Gasteiger partial charge in [-0.2, -0.15) is 0 Å². The number of benzene rings is 1. The van der Waals surface area contributed by atoms with E-state index in [1.54, 1.807) is 24.1 Å². The van der Waals surface area contributed by atoms with Crippen molar-refractivity contribution in [3.05, 3.63) is 46.0 Å².